The van der Waals surface area contributed by atoms with E-state index in [1.54, 1.807) is 6.33 Å². The van der Waals surface area contributed by atoms with Gasteiger partial charge < -0.3 is 5.32 Å². The van der Waals surface area contributed by atoms with Gasteiger partial charge in [-0.15, -0.1) is 11.3 Å². The number of thiophene rings is 1. The molecule has 0 radical (unpaired) electrons. The highest BCUT2D eigenvalue weighted by atomic mass is 32.1. The first-order chi connectivity index (χ1) is 8.11. The third kappa shape index (κ3) is 2.56. The van der Waals surface area contributed by atoms with Crippen molar-refractivity contribution in [3.05, 3.63) is 33.5 Å². The van der Waals surface area contributed by atoms with E-state index in [9.17, 15) is 0 Å². The summed E-state index contributed by atoms with van der Waals surface area (Å²) >= 11 is 1.85. The molecule has 0 spiro atoms. The molecule has 1 N–H and O–H groups in total. The average molecular weight is 250 g/mol. The first kappa shape index (κ1) is 12.3. The molecule has 2 aromatic heterocycles. The molecule has 2 rings (SSSR count). The Bertz CT molecular complexity index is 481. The fraction of sp³-hybridized carbons (Fsp3) is 0.500. The lowest BCUT2D eigenvalue weighted by Gasteiger charge is -2.13. The molecule has 4 nitrogen and oxygen atoms in total. The Kier molecular flexibility index (Phi) is 3.59. The van der Waals surface area contributed by atoms with E-state index in [2.05, 4.69) is 35.3 Å². The van der Waals surface area contributed by atoms with E-state index in [1.807, 2.05) is 30.1 Å². The minimum Gasteiger partial charge on any atom is -0.312 e. The van der Waals surface area contributed by atoms with Crippen molar-refractivity contribution >= 4 is 11.3 Å². The summed E-state index contributed by atoms with van der Waals surface area (Å²) in [4.78, 5) is 7.03. The molecule has 0 aliphatic heterocycles. The maximum Gasteiger partial charge on any atom is 0.138 e. The van der Waals surface area contributed by atoms with Crippen LogP contribution < -0.4 is 5.32 Å². The SMILES string of the molecule is CNC(Cc1ncnn1C)c1cc(C)c(C)s1. The number of aromatic nitrogens is 3. The molecule has 2 aromatic rings. The molecular formula is C12H18N4S. The van der Waals surface area contributed by atoms with Crippen molar-refractivity contribution in [2.45, 2.75) is 26.3 Å². The molecule has 2 heterocycles. The standard InChI is InChI=1S/C12H18N4S/c1-8-5-11(17-9(8)2)10(13-3)6-12-14-7-15-16(12)4/h5,7,10,13H,6H2,1-4H3. The van der Waals surface area contributed by atoms with Crippen LogP contribution in [-0.4, -0.2) is 21.8 Å². The zero-order chi connectivity index (χ0) is 12.4. The Morgan fingerprint density at radius 3 is 2.71 bits per heavy atom. The normalized spacial score (nSPS) is 12.9. The topological polar surface area (TPSA) is 42.7 Å². The summed E-state index contributed by atoms with van der Waals surface area (Å²) in [6.45, 7) is 4.32. The fourth-order valence-corrected chi connectivity index (χ4v) is 2.96. The van der Waals surface area contributed by atoms with Crippen molar-refractivity contribution in [3.63, 3.8) is 0 Å². The number of nitrogens with one attached hydrogen (secondary N) is 1. The molecule has 0 saturated heterocycles. The van der Waals surface area contributed by atoms with Gasteiger partial charge in [-0.1, -0.05) is 0 Å². The third-order valence-electron chi connectivity index (χ3n) is 3.07. The van der Waals surface area contributed by atoms with Crippen LogP contribution in [0.2, 0.25) is 0 Å². The number of nitrogens with zero attached hydrogens (tertiary/aromatic N) is 3. The minimum atomic E-state index is 0.315. The molecule has 0 aliphatic rings. The van der Waals surface area contributed by atoms with Gasteiger partial charge in [-0.05, 0) is 32.5 Å². The molecule has 5 heteroatoms. The van der Waals surface area contributed by atoms with Gasteiger partial charge in [0, 0.05) is 29.3 Å². The number of likely N-dealkylation sites (N-methyl/N-ethyl adjacent to an activating group) is 1. The summed E-state index contributed by atoms with van der Waals surface area (Å²) in [6, 6.07) is 2.58. The molecule has 1 unspecified atom stereocenters. The maximum absolute atomic E-state index is 4.27. The van der Waals surface area contributed by atoms with E-state index in [0.717, 1.165) is 12.2 Å². The summed E-state index contributed by atoms with van der Waals surface area (Å²) in [5, 5.41) is 7.46. The average Bonchev–Trinajstić information content (AvgIpc) is 2.83. The lowest BCUT2D eigenvalue weighted by atomic mass is 10.1. The largest absolute Gasteiger partial charge is 0.312 e. The smallest absolute Gasteiger partial charge is 0.138 e. The zero-order valence-electron chi connectivity index (χ0n) is 10.7. The molecule has 17 heavy (non-hydrogen) atoms. The Balaban J connectivity index is 2.20. The highest BCUT2D eigenvalue weighted by molar-refractivity contribution is 7.12. The van der Waals surface area contributed by atoms with Crippen LogP contribution in [0, 0.1) is 13.8 Å². The number of rotatable bonds is 4. The number of hydrogen-bond donors (Lipinski definition) is 1. The van der Waals surface area contributed by atoms with Crippen molar-refractivity contribution in [1.82, 2.24) is 20.1 Å². The van der Waals surface area contributed by atoms with Gasteiger partial charge in [0.25, 0.3) is 0 Å². The highest BCUT2D eigenvalue weighted by Gasteiger charge is 2.16. The van der Waals surface area contributed by atoms with Crippen LogP contribution >= 0.6 is 11.3 Å². The summed E-state index contributed by atoms with van der Waals surface area (Å²) in [5.41, 5.74) is 1.36. The van der Waals surface area contributed by atoms with E-state index < -0.39 is 0 Å². The molecule has 0 aromatic carbocycles. The van der Waals surface area contributed by atoms with Crippen molar-refractivity contribution < 1.29 is 0 Å². The Morgan fingerprint density at radius 2 is 2.24 bits per heavy atom. The molecule has 0 fully saturated rings. The summed E-state index contributed by atoms with van der Waals surface area (Å²) in [7, 11) is 3.92. The summed E-state index contributed by atoms with van der Waals surface area (Å²) in [5.74, 6) is 1.01. The summed E-state index contributed by atoms with van der Waals surface area (Å²) < 4.78 is 1.83. The second-order valence-corrected chi connectivity index (χ2v) is 5.52. The van der Waals surface area contributed by atoms with Gasteiger partial charge >= 0.3 is 0 Å². The van der Waals surface area contributed by atoms with Crippen LogP contribution in [0.3, 0.4) is 0 Å². The Labute approximate surface area is 106 Å². The second kappa shape index (κ2) is 4.98. The molecule has 0 bridgehead atoms. The van der Waals surface area contributed by atoms with Gasteiger partial charge in [-0.3, -0.25) is 4.68 Å². The monoisotopic (exact) mass is 250 g/mol. The predicted molar refractivity (Wildman–Crippen MR) is 70.3 cm³/mol. The van der Waals surface area contributed by atoms with Crippen molar-refractivity contribution in [2.24, 2.45) is 7.05 Å². The van der Waals surface area contributed by atoms with E-state index >= 15 is 0 Å². The summed E-state index contributed by atoms with van der Waals surface area (Å²) in [6.07, 6.45) is 2.47. The van der Waals surface area contributed by atoms with Crippen LogP contribution in [-0.2, 0) is 13.5 Å². The van der Waals surface area contributed by atoms with Gasteiger partial charge in [0.15, 0.2) is 0 Å². The predicted octanol–water partition coefficient (Wildman–Crippen LogP) is 2.00. The Hall–Kier alpha value is -1.20. The molecule has 0 amide bonds. The zero-order valence-corrected chi connectivity index (χ0v) is 11.5. The quantitative estimate of drug-likeness (QED) is 0.902. The molecule has 0 aliphatic carbocycles. The minimum absolute atomic E-state index is 0.315. The van der Waals surface area contributed by atoms with Gasteiger partial charge in [-0.25, -0.2) is 4.98 Å². The van der Waals surface area contributed by atoms with Gasteiger partial charge in [0.1, 0.15) is 12.2 Å². The van der Waals surface area contributed by atoms with Gasteiger partial charge in [-0.2, -0.15) is 5.10 Å². The third-order valence-corrected chi connectivity index (χ3v) is 4.34. The molecule has 0 saturated carbocycles. The Morgan fingerprint density at radius 1 is 1.47 bits per heavy atom. The number of hydrogen-bond acceptors (Lipinski definition) is 4. The fourth-order valence-electron chi connectivity index (χ4n) is 1.81. The van der Waals surface area contributed by atoms with E-state index in [0.29, 0.717) is 6.04 Å². The van der Waals surface area contributed by atoms with Crippen molar-refractivity contribution in [1.29, 1.82) is 0 Å². The maximum atomic E-state index is 4.27. The lowest BCUT2D eigenvalue weighted by Crippen LogP contribution is -2.19. The molecular weight excluding hydrogens is 232 g/mol. The number of aryl methyl sites for hydroxylation is 3. The van der Waals surface area contributed by atoms with Crippen molar-refractivity contribution in [3.8, 4) is 0 Å². The van der Waals surface area contributed by atoms with Crippen LogP contribution in [0.4, 0.5) is 0 Å². The van der Waals surface area contributed by atoms with Crippen LogP contribution in [0.25, 0.3) is 0 Å². The van der Waals surface area contributed by atoms with E-state index in [-0.39, 0.29) is 0 Å². The van der Waals surface area contributed by atoms with Crippen LogP contribution in [0.15, 0.2) is 12.4 Å². The second-order valence-electron chi connectivity index (χ2n) is 4.23. The molecule has 92 valence electrons. The first-order valence-corrected chi connectivity index (χ1v) is 6.50. The van der Waals surface area contributed by atoms with E-state index in [1.165, 1.54) is 15.3 Å². The van der Waals surface area contributed by atoms with Crippen molar-refractivity contribution in [2.75, 3.05) is 7.05 Å². The van der Waals surface area contributed by atoms with Gasteiger partial charge in [0.2, 0.25) is 0 Å². The van der Waals surface area contributed by atoms with E-state index in [4.69, 9.17) is 0 Å². The lowest BCUT2D eigenvalue weighted by molar-refractivity contribution is 0.560. The highest BCUT2D eigenvalue weighted by Crippen LogP contribution is 2.27. The first-order valence-electron chi connectivity index (χ1n) is 5.69. The van der Waals surface area contributed by atoms with Gasteiger partial charge in [0.05, 0.1) is 0 Å². The van der Waals surface area contributed by atoms with Crippen LogP contribution in [0.1, 0.15) is 27.2 Å². The van der Waals surface area contributed by atoms with Crippen LogP contribution in [0.5, 0.6) is 0 Å². The molecule has 1 atom stereocenters.